The zero-order valence-corrected chi connectivity index (χ0v) is 12.7. The first-order chi connectivity index (χ1) is 8.66. The first-order valence-corrected chi connectivity index (χ1v) is 6.93. The number of hydrogen-bond acceptors (Lipinski definition) is 3. The van der Waals surface area contributed by atoms with Crippen molar-refractivity contribution in [2.45, 2.75) is 54.1 Å². The van der Waals surface area contributed by atoms with E-state index in [1.165, 1.54) is 0 Å². The summed E-state index contributed by atoms with van der Waals surface area (Å²) in [6.07, 6.45) is 1.10. The molecule has 4 nitrogen and oxygen atoms in total. The molecule has 1 aliphatic heterocycles. The Morgan fingerprint density at radius 2 is 1.83 bits per heavy atom. The number of carbonyl (C=O) groups is 1. The Labute approximate surface area is 111 Å². The summed E-state index contributed by atoms with van der Waals surface area (Å²) >= 11 is 0. The Bertz CT molecular complexity index is 358. The summed E-state index contributed by atoms with van der Waals surface area (Å²) in [5, 5.41) is 4.29. The van der Waals surface area contributed by atoms with Crippen LogP contribution in [0.2, 0.25) is 0 Å². The van der Waals surface area contributed by atoms with Gasteiger partial charge in [-0.2, -0.15) is 5.10 Å². The van der Waals surface area contributed by atoms with Crippen LogP contribution in [0.5, 0.6) is 0 Å². The second-order valence-electron chi connectivity index (χ2n) is 3.89. The molecule has 0 saturated heterocycles. The van der Waals surface area contributed by atoms with Crippen molar-refractivity contribution >= 4 is 5.78 Å². The van der Waals surface area contributed by atoms with E-state index >= 15 is 0 Å². The minimum Gasteiger partial charge on any atom is -0.300 e. The maximum Gasteiger partial charge on any atom is 0.179 e. The van der Waals surface area contributed by atoms with Gasteiger partial charge < -0.3 is 4.90 Å². The quantitative estimate of drug-likeness (QED) is 0.722. The maximum absolute atomic E-state index is 11.1. The standard InChI is InChI=1S/C10H15N3O.2C2H6/c1-8(14)10-6-9-7-12(2)4-3-5-13(9)11-10;2*1-2/h6H,3-5,7H2,1-2H3;2*1-2H3. The molecule has 0 N–H and O–H groups in total. The lowest BCUT2D eigenvalue weighted by Crippen LogP contribution is -2.17. The van der Waals surface area contributed by atoms with Gasteiger partial charge in [0.25, 0.3) is 0 Å². The molecule has 0 fully saturated rings. The van der Waals surface area contributed by atoms with Gasteiger partial charge in [0.2, 0.25) is 0 Å². The SMILES string of the molecule is CC.CC.CC(=O)c1cc2n(n1)CCCN(C)C2. The average molecular weight is 253 g/mol. The van der Waals surface area contributed by atoms with Crippen molar-refractivity contribution in [1.29, 1.82) is 0 Å². The van der Waals surface area contributed by atoms with Gasteiger partial charge in [0.05, 0.1) is 5.69 Å². The highest BCUT2D eigenvalue weighted by Gasteiger charge is 2.15. The van der Waals surface area contributed by atoms with Gasteiger partial charge in [-0.05, 0) is 19.5 Å². The van der Waals surface area contributed by atoms with Gasteiger partial charge in [0, 0.05) is 26.6 Å². The number of Topliss-reactive ketones (excluding diaryl/α,β-unsaturated/α-hetero) is 1. The van der Waals surface area contributed by atoms with Crippen molar-refractivity contribution in [3.8, 4) is 0 Å². The topological polar surface area (TPSA) is 38.1 Å². The summed E-state index contributed by atoms with van der Waals surface area (Å²) in [5.41, 5.74) is 1.74. The Morgan fingerprint density at radius 1 is 1.22 bits per heavy atom. The molecular weight excluding hydrogens is 226 g/mol. The Hall–Kier alpha value is -1.16. The lowest BCUT2D eigenvalue weighted by molar-refractivity contribution is 0.101. The highest BCUT2D eigenvalue weighted by Crippen LogP contribution is 2.12. The first-order valence-electron chi connectivity index (χ1n) is 6.93. The summed E-state index contributed by atoms with van der Waals surface area (Å²) in [5.74, 6) is 0.0493. The molecule has 1 aromatic rings. The van der Waals surface area contributed by atoms with Crippen LogP contribution in [0.3, 0.4) is 0 Å². The van der Waals surface area contributed by atoms with E-state index < -0.39 is 0 Å². The molecule has 0 unspecified atom stereocenters. The summed E-state index contributed by atoms with van der Waals surface area (Å²) in [4.78, 5) is 13.4. The van der Waals surface area contributed by atoms with Crippen LogP contribution in [0.25, 0.3) is 0 Å². The number of aromatic nitrogens is 2. The molecule has 0 bridgehead atoms. The van der Waals surface area contributed by atoms with Gasteiger partial charge in [-0.25, -0.2) is 0 Å². The number of fused-ring (bicyclic) bond motifs is 1. The highest BCUT2D eigenvalue weighted by molar-refractivity contribution is 5.92. The monoisotopic (exact) mass is 253 g/mol. The third-order valence-corrected chi connectivity index (χ3v) is 2.57. The van der Waals surface area contributed by atoms with Gasteiger partial charge in [-0.3, -0.25) is 9.48 Å². The van der Waals surface area contributed by atoms with E-state index in [2.05, 4.69) is 17.0 Å². The molecule has 0 aromatic carbocycles. The van der Waals surface area contributed by atoms with E-state index in [1.807, 2.05) is 38.4 Å². The molecule has 0 radical (unpaired) electrons. The minimum atomic E-state index is 0.0493. The maximum atomic E-state index is 11.1. The molecule has 0 saturated carbocycles. The molecule has 104 valence electrons. The molecule has 4 heteroatoms. The number of carbonyl (C=O) groups excluding carboxylic acids is 1. The Balaban J connectivity index is 0.000000659. The summed E-state index contributed by atoms with van der Waals surface area (Å²) in [6, 6.07) is 1.91. The minimum absolute atomic E-state index is 0.0493. The summed E-state index contributed by atoms with van der Waals surface area (Å²) in [6.45, 7) is 12.5. The molecule has 1 aliphatic rings. The van der Waals surface area contributed by atoms with Crippen LogP contribution in [0.15, 0.2) is 6.07 Å². The largest absolute Gasteiger partial charge is 0.300 e. The summed E-state index contributed by atoms with van der Waals surface area (Å²) in [7, 11) is 2.09. The van der Waals surface area contributed by atoms with Gasteiger partial charge >= 0.3 is 0 Å². The Morgan fingerprint density at radius 3 is 2.39 bits per heavy atom. The highest BCUT2D eigenvalue weighted by atomic mass is 16.1. The number of nitrogens with zero attached hydrogens (tertiary/aromatic N) is 3. The fourth-order valence-corrected chi connectivity index (χ4v) is 1.79. The van der Waals surface area contributed by atoms with Crippen molar-refractivity contribution in [2.75, 3.05) is 13.6 Å². The predicted molar refractivity (Wildman–Crippen MR) is 75.9 cm³/mol. The molecule has 2 rings (SSSR count). The van der Waals surface area contributed by atoms with Crippen LogP contribution in [-0.4, -0.2) is 34.1 Å². The van der Waals surface area contributed by atoms with E-state index in [0.29, 0.717) is 5.69 Å². The second-order valence-corrected chi connectivity index (χ2v) is 3.89. The van der Waals surface area contributed by atoms with Crippen LogP contribution in [0.4, 0.5) is 0 Å². The fourth-order valence-electron chi connectivity index (χ4n) is 1.79. The van der Waals surface area contributed by atoms with E-state index in [-0.39, 0.29) is 5.78 Å². The van der Waals surface area contributed by atoms with E-state index in [4.69, 9.17) is 0 Å². The smallest absolute Gasteiger partial charge is 0.179 e. The zero-order valence-electron chi connectivity index (χ0n) is 12.7. The zero-order chi connectivity index (χ0) is 14.1. The van der Waals surface area contributed by atoms with Crippen LogP contribution >= 0.6 is 0 Å². The normalized spacial score (nSPS) is 14.3. The third kappa shape index (κ3) is 4.61. The van der Waals surface area contributed by atoms with E-state index in [0.717, 1.165) is 31.7 Å². The number of ketones is 1. The number of aryl methyl sites for hydroxylation is 1. The van der Waals surface area contributed by atoms with Gasteiger partial charge in [-0.1, -0.05) is 27.7 Å². The molecule has 2 heterocycles. The molecule has 0 atom stereocenters. The predicted octanol–water partition coefficient (Wildman–Crippen LogP) is 2.97. The molecule has 1 aromatic heterocycles. The molecular formula is C14H27N3O. The Kier molecular flexibility index (Phi) is 8.29. The third-order valence-electron chi connectivity index (χ3n) is 2.57. The van der Waals surface area contributed by atoms with Gasteiger partial charge in [0.1, 0.15) is 5.69 Å². The molecule has 0 spiro atoms. The first kappa shape index (κ1) is 16.8. The fraction of sp³-hybridized carbons (Fsp3) is 0.714. The number of rotatable bonds is 1. The van der Waals surface area contributed by atoms with E-state index in [1.54, 1.807) is 6.92 Å². The lowest BCUT2D eigenvalue weighted by atomic mass is 10.3. The van der Waals surface area contributed by atoms with Crippen molar-refractivity contribution in [3.05, 3.63) is 17.5 Å². The molecule has 18 heavy (non-hydrogen) atoms. The van der Waals surface area contributed by atoms with Crippen LogP contribution in [0, 0.1) is 0 Å². The second kappa shape index (κ2) is 8.86. The van der Waals surface area contributed by atoms with Crippen molar-refractivity contribution in [1.82, 2.24) is 14.7 Å². The van der Waals surface area contributed by atoms with Crippen LogP contribution in [0.1, 0.15) is 57.2 Å². The van der Waals surface area contributed by atoms with Gasteiger partial charge in [-0.15, -0.1) is 0 Å². The van der Waals surface area contributed by atoms with E-state index in [9.17, 15) is 4.79 Å². The van der Waals surface area contributed by atoms with Gasteiger partial charge in [0.15, 0.2) is 5.78 Å². The molecule has 0 amide bonds. The van der Waals surface area contributed by atoms with Crippen LogP contribution < -0.4 is 0 Å². The van der Waals surface area contributed by atoms with Crippen molar-refractivity contribution < 1.29 is 4.79 Å². The van der Waals surface area contributed by atoms with Crippen molar-refractivity contribution in [2.24, 2.45) is 0 Å². The van der Waals surface area contributed by atoms with Crippen LogP contribution in [-0.2, 0) is 13.1 Å². The lowest BCUT2D eigenvalue weighted by Gasteiger charge is -2.10. The summed E-state index contributed by atoms with van der Waals surface area (Å²) < 4.78 is 1.96. The molecule has 0 aliphatic carbocycles. The van der Waals surface area contributed by atoms with Crippen molar-refractivity contribution in [3.63, 3.8) is 0 Å². The number of hydrogen-bond donors (Lipinski definition) is 0. The average Bonchev–Trinajstić information content (AvgIpc) is 2.70.